The minimum atomic E-state index is -0.286. The van der Waals surface area contributed by atoms with Crippen LogP contribution in [0.25, 0.3) is 0 Å². The monoisotopic (exact) mass is 352 g/mol. The number of nitrogens with one attached hydrogen (secondary N) is 1. The second-order valence-corrected chi connectivity index (χ2v) is 6.84. The topological polar surface area (TPSA) is 35.5 Å². The highest BCUT2D eigenvalue weighted by molar-refractivity contribution is 6.33. The first-order chi connectivity index (χ1) is 9.45. The first-order valence-electron chi connectivity index (χ1n) is 6.96. The lowest BCUT2D eigenvalue weighted by atomic mass is 9.79. The van der Waals surface area contributed by atoms with Gasteiger partial charge in [0, 0.05) is 54.3 Å². The first kappa shape index (κ1) is 19.0. The fourth-order valence-corrected chi connectivity index (χ4v) is 3.26. The Hall–Kier alpha value is -0.0300. The summed E-state index contributed by atoms with van der Waals surface area (Å²) in [5.41, 5.74) is 0.714. The molecule has 1 saturated heterocycles. The van der Waals surface area contributed by atoms with E-state index >= 15 is 0 Å². The average Bonchev–Trinajstić information content (AvgIpc) is 2.44. The number of hydrogen-bond donors (Lipinski definition) is 2. The zero-order valence-electron chi connectivity index (χ0n) is 12.4. The predicted molar refractivity (Wildman–Crippen MR) is 91.8 cm³/mol. The van der Waals surface area contributed by atoms with Crippen molar-refractivity contribution in [2.24, 2.45) is 5.41 Å². The number of halogens is 3. The maximum Gasteiger partial charge on any atom is 0.0500 e. The Kier molecular flexibility index (Phi) is 7.25. The van der Waals surface area contributed by atoms with Crippen molar-refractivity contribution in [1.29, 1.82) is 0 Å². The Balaban J connectivity index is 0.00000220. The highest BCUT2D eigenvalue weighted by Gasteiger charge is 2.36. The maximum absolute atomic E-state index is 9.80. The van der Waals surface area contributed by atoms with E-state index in [-0.39, 0.29) is 30.5 Å². The number of benzene rings is 1. The lowest BCUT2D eigenvalue weighted by molar-refractivity contribution is 0.0306. The third kappa shape index (κ3) is 4.47. The van der Waals surface area contributed by atoms with Crippen LogP contribution in [0.2, 0.25) is 10.0 Å². The van der Waals surface area contributed by atoms with Gasteiger partial charge < -0.3 is 10.4 Å². The van der Waals surface area contributed by atoms with Crippen molar-refractivity contribution in [2.75, 3.05) is 32.8 Å². The smallest absolute Gasteiger partial charge is 0.0500 e. The van der Waals surface area contributed by atoms with Gasteiger partial charge in [-0.1, -0.05) is 37.0 Å². The minimum Gasteiger partial charge on any atom is -0.396 e. The van der Waals surface area contributed by atoms with Crippen molar-refractivity contribution in [1.82, 2.24) is 10.2 Å². The van der Waals surface area contributed by atoms with Gasteiger partial charge in [-0.05, 0) is 23.8 Å². The lowest BCUT2D eigenvalue weighted by Crippen LogP contribution is -2.49. The van der Waals surface area contributed by atoms with Gasteiger partial charge in [0.25, 0.3) is 0 Å². The summed E-state index contributed by atoms with van der Waals surface area (Å²) < 4.78 is 0. The molecule has 0 saturated carbocycles. The molecule has 3 nitrogen and oxygen atoms in total. The first-order valence-corrected chi connectivity index (χ1v) is 7.72. The third-order valence-corrected chi connectivity index (χ3v) is 4.50. The van der Waals surface area contributed by atoms with E-state index in [2.05, 4.69) is 24.1 Å². The van der Waals surface area contributed by atoms with Gasteiger partial charge in [0.2, 0.25) is 0 Å². The largest absolute Gasteiger partial charge is 0.396 e. The van der Waals surface area contributed by atoms with Gasteiger partial charge in [0.15, 0.2) is 0 Å². The fourth-order valence-electron chi connectivity index (χ4n) is 2.86. The van der Waals surface area contributed by atoms with Crippen molar-refractivity contribution in [3.05, 3.63) is 33.8 Å². The van der Waals surface area contributed by atoms with E-state index in [4.69, 9.17) is 23.2 Å². The predicted octanol–water partition coefficient (Wildman–Crippen LogP) is 3.38. The maximum atomic E-state index is 9.80. The average molecular weight is 354 g/mol. The molecule has 1 aliphatic rings. The molecule has 1 heterocycles. The number of aliphatic hydroxyl groups excluding tert-OH is 1. The van der Waals surface area contributed by atoms with Crippen LogP contribution >= 0.6 is 35.6 Å². The van der Waals surface area contributed by atoms with E-state index in [9.17, 15) is 5.11 Å². The van der Waals surface area contributed by atoms with E-state index in [0.29, 0.717) is 10.0 Å². The number of rotatable bonds is 4. The summed E-state index contributed by atoms with van der Waals surface area (Å²) in [5, 5.41) is 14.5. The van der Waals surface area contributed by atoms with Crippen LogP contribution < -0.4 is 5.32 Å². The van der Waals surface area contributed by atoms with Crippen LogP contribution in [0.4, 0.5) is 0 Å². The summed E-state index contributed by atoms with van der Waals surface area (Å²) in [6, 6.07) is 5.62. The van der Waals surface area contributed by atoms with Gasteiger partial charge in [-0.15, -0.1) is 12.4 Å². The van der Waals surface area contributed by atoms with E-state index in [0.717, 1.165) is 31.7 Å². The third-order valence-electron chi connectivity index (χ3n) is 3.92. The summed E-state index contributed by atoms with van der Waals surface area (Å²) in [5.74, 6) is 0. The van der Waals surface area contributed by atoms with Crippen LogP contribution in [-0.4, -0.2) is 42.8 Å². The molecule has 0 bridgehead atoms. The molecule has 0 unspecified atom stereocenters. The van der Waals surface area contributed by atoms with Gasteiger partial charge in [0.05, 0.1) is 0 Å². The zero-order valence-corrected chi connectivity index (χ0v) is 14.7. The van der Waals surface area contributed by atoms with Crippen molar-refractivity contribution in [2.45, 2.75) is 19.9 Å². The minimum absolute atomic E-state index is 0. The SMILES string of the molecule is CC(C)(CO)[C@H](c1cc(Cl)ccc1Cl)N1CCNCC1.Cl. The summed E-state index contributed by atoms with van der Waals surface area (Å²) in [7, 11) is 0. The second-order valence-electron chi connectivity index (χ2n) is 6.00. The lowest BCUT2D eigenvalue weighted by Gasteiger charge is -2.43. The zero-order chi connectivity index (χ0) is 14.8. The van der Waals surface area contributed by atoms with Crippen molar-refractivity contribution in [3.63, 3.8) is 0 Å². The quantitative estimate of drug-likeness (QED) is 0.871. The van der Waals surface area contributed by atoms with Crippen LogP contribution in [-0.2, 0) is 0 Å². The Morgan fingerprint density at radius 1 is 1.29 bits per heavy atom. The van der Waals surface area contributed by atoms with E-state index in [1.807, 2.05) is 12.1 Å². The molecule has 1 aromatic rings. The van der Waals surface area contributed by atoms with Crippen LogP contribution in [0.15, 0.2) is 18.2 Å². The van der Waals surface area contributed by atoms with Gasteiger partial charge in [-0.25, -0.2) is 0 Å². The summed E-state index contributed by atoms with van der Waals surface area (Å²) in [4.78, 5) is 2.38. The molecule has 0 aromatic heterocycles. The molecule has 1 aliphatic heterocycles. The number of piperazine rings is 1. The Bertz CT molecular complexity index is 462. The molecule has 1 aromatic carbocycles. The summed E-state index contributed by atoms with van der Waals surface area (Å²) in [6.07, 6.45) is 0. The molecule has 0 radical (unpaired) electrons. The summed E-state index contributed by atoms with van der Waals surface area (Å²) >= 11 is 12.5. The van der Waals surface area contributed by atoms with Gasteiger partial charge in [0.1, 0.15) is 0 Å². The highest BCUT2D eigenvalue weighted by Crippen LogP contribution is 2.41. The molecule has 1 atom stereocenters. The Morgan fingerprint density at radius 2 is 1.90 bits per heavy atom. The molecular formula is C15H23Cl3N2O. The Morgan fingerprint density at radius 3 is 2.48 bits per heavy atom. The number of nitrogens with zero attached hydrogens (tertiary/aromatic N) is 1. The number of aliphatic hydroxyl groups is 1. The second kappa shape index (κ2) is 8.00. The highest BCUT2D eigenvalue weighted by atomic mass is 35.5. The Labute approximate surface area is 143 Å². The molecule has 21 heavy (non-hydrogen) atoms. The molecule has 2 N–H and O–H groups in total. The number of hydrogen-bond acceptors (Lipinski definition) is 3. The van der Waals surface area contributed by atoms with Crippen molar-refractivity contribution < 1.29 is 5.11 Å². The van der Waals surface area contributed by atoms with Crippen LogP contribution in [0.5, 0.6) is 0 Å². The fraction of sp³-hybridized carbons (Fsp3) is 0.600. The van der Waals surface area contributed by atoms with Crippen LogP contribution in [0, 0.1) is 5.41 Å². The van der Waals surface area contributed by atoms with E-state index < -0.39 is 0 Å². The normalized spacial score (nSPS) is 18.1. The molecular weight excluding hydrogens is 331 g/mol. The molecule has 0 aliphatic carbocycles. The van der Waals surface area contributed by atoms with E-state index in [1.165, 1.54) is 0 Å². The van der Waals surface area contributed by atoms with Gasteiger partial charge >= 0.3 is 0 Å². The van der Waals surface area contributed by atoms with Gasteiger partial charge in [-0.3, -0.25) is 4.90 Å². The summed E-state index contributed by atoms with van der Waals surface area (Å²) in [6.45, 7) is 8.03. The van der Waals surface area contributed by atoms with Crippen molar-refractivity contribution >= 4 is 35.6 Å². The molecule has 0 amide bonds. The molecule has 1 fully saturated rings. The van der Waals surface area contributed by atoms with Crippen molar-refractivity contribution in [3.8, 4) is 0 Å². The molecule has 6 heteroatoms. The van der Waals surface area contributed by atoms with E-state index in [1.54, 1.807) is 6.07 Å². The van der Waals surface area contributed by atoms with Gasteiger partial charge in [-0.2, -0.15) is 0 Å². The standard InChI is InChI=1S/C15H22Cl2N2O.ClH/c1-15(2,10-20)14(19-7-5-18-6-8-19)12-9-11(16)3-4-13(12)17;/h3-4,9,14,18,20H,5-8,10H2,1-2H3;1H/t14-;/m0./s1. The molecule has 0 spiro atoms. The van der Waals surface area contributed by atoms with Crippen LogP contribution in [0.3, 0.4) is 0 Å². The molecule has 120 valence electrons. The van der Waals surface area contributed by atoms with Crippen LogP contribution in [0.1, 0.15) is 25.5 Å². The molecule has 2 rings (SSSR count).